The monoisotopic (exact) mass is 290 g/mol. The molecule has 0 radical (unpaired) electrons. The molecule has 1 heterocycles. The first-order chi connectivity index (χ1) is 10.1. The molecule has 4 heteroatoms. The molecule has 0 aliphatic carbocycles. The van der Waals surface area contributed by atoms with E-state index in [9.17, 15) is 4.79 Å². The summed E-state index contributed by atoms with van der Waals surface area (Å²) in [5, 5.41) is 3.44. The minimum atomic E-state index is 0.221. The molecule has 2 rings (SSSR count). The fourth-order valence-corrected chi connectivity index (χ4v) is 2.74. The third kappa shape index (κ3) is 4.83. The molecule has 0 saturated carbocycles. The zero-order valence-corrected chi connectivity index (χ0v) is 13.3. The lowest BCUT2D eigenvalue weighted by atomic mass is 10.0. The minimum Gasteiger partial charge on any atom is -0.378 e. The molecule has 1 aliphatic heterocycles. The third-order valence-electron chi connectivity index (χ3n) is 3.90. The number of morpholine rings is 1. The van der Waals surface area contributed by atoms with Crippen LogP contribution in [0, 0.1) is 13.8 Å². The molecule has 1 fully saturated rings. The number of nitrogens with one attached hydrogen (secondary N) is 1. The second-order valence-corrected chi connectivity index (χ2v) is 5.84. The van der Waals surface area contributed by atoms with Gasteiger partial charge in [0.2, 0.25) is 5.91 Å². The van der Waals surface area contributed by atoms with Crippen LogP contribution < -0.4 is 5.32 Å². The number of aryl methyl sites for hydroxylation is 2. The Bertz CT molecular complexity index is 461. The lowest BCUT2D eigenvalue weighted by molar-refractivity contribution is -0.135. The summed E-state index contributed by atoms with van der Waals surface area (Å²) in [5.41, 5.74) is 3.84. The largest absolute Gasteiger partial charge is 0.378 e. The van der Waals surface area contributed by atoms with Gasteiger partial charge in [0.1, 0.15) is 0 Å². The number of amides is 1. The fraction of sp³-hybridized carbons (Fsp3) is 0.588. The van der Waals surface area contributed by atoms with Gasteiger partial charge in [0.15, 0.2) is 0 Å². The van der Waals surface area contributed by atoms with E-state index < -0.39 is 0 Å². The Morgan fingerprint density at radius 1 is 1.24 bits per heavy atom. The van der Waals surface area contributed by atoms with Crippen LogP contribution in [0.2, 0.25) is 0 Å². The Morgan fingerprint density at radius 2 is 1.86 bits per heavy atom. The van der Waals surface area contributed by atoms with Gasteiger partial charge < -0.3 is 15.0 Å². The van der Waals surface area contributed by atoms with Crippen LogP contribution in [0.3, 0.4) is 0 Å². The van der Waals surface area contributed by atoms with Crippen molar-refractivity contribution in [2.24, 2.45) is 0 Å². The Balaban J connectivity index is 1.78. The first-order valence-corrected chi connectivity index (χ1v) is 7.73. The smallest absolute Gasteiger partial charge is 0.224 e. The summed E-state index contributed by atoms with van der Waals surface area (Å²) >= 11 is 0. The second kappa shape index (κ2) is 7.57. The van der Waals surface area contributed by atoms with Crippen LogP contribution in [0.1, 0.15) is 36.1 Å². The van der Waals surface area contributed by atoms with Gasteiger partial charge in [-0.3, -0.25) is 4.79 Å². The van der Waals surface area contributed by atoms with Crippen LogP contribution in [-0.4, -0.2) is 43.7 Å². The number of nitrogens with zero attached hydrogens (tertiary/aromatic N) is 1. The third-order valence-corrected chi connectivity index (χ3v) is 3.90. The van der Waals surface area contributed by atoms with E-state index in [1.807, 2.05) is 4.90 Å². The first-order valence-electron chi connectivity index (χ1n) is 7.73. The summed E-state index contributed by atoms with van der Waals surface area (Å²) in [7, 11) is 0. The highest BCUT2D eigenvalue weighted by atomic mass is 16.5. The fourth-order valence-electron chi connectivity index (χ4n) is 2.74. The molecular formula is C17H26N2O2. The van der Waals surface area contributed by atoms with Crippen LogP contribution in [0.4, 0.5) is 0 Å². The summed E-state index contributed by atoms with van der Waals surface area (Å²) in [5.74, 6) is 0.221. The summed E-state index contributed by atoms with van der Waals surface area (Å²) < 4.78 is 5.26. The number of hydrogen-bond acceptors (Lipinski definition) is 3. The molecule has 0 spiro atoms. The number of carbonyl (C=O) groups is 1. The van der Waals surface area contributed by atoms with Gasteiger partial charge in [0, 0.05) is 32.1 Å². The van der Waals surface area contributed by atoms with Crippen LogP contribution in [0.25, 0.3) is 0 Å². The number of carbonyl (C=O) groups excluding carboxylic acids is 1. The van der Waals surface area contributed by atoms with Crippen molar-refractivity contribution >= 4 is 5.91 Å². The quantitative estimate of drug-likeness (QED) is 0.904. The van der Waals surface area contributed by atoms with Gasteiger partial charge in [-0.15, -0.1) is 0 Å². The van der Waals surface area contributed by atoms with Gasteiger partial charge in [-0.1, -0.05) is 29.3 Å². The maximum Gasteiger partial charge on any atom is 0.224 e. The van der Waals surface area contributed by atoms with Crippen molar-refractivity contribution in [2.75, 3.05) is 32.8 Å². The van der Waals surface area contributed by atoms with E-state index in [1.165, 1.54) is 16.7 Å². The highest BCUT2D eigenvalue weighted by Gasteiger charge is 2.16. The van der Waals surface area contributed by atoms with Crippen molar-refractivity contribution in [3.8, 4) is 0 Å². The molecule has 1 aliphatic rings. The molecule has 4 nitrogen and oxygen atoms in total. The number of hydrogen-bond donors (Lipinski definition) is 1. The molecular weight excluding hydrogens is 264 g/mol. The van der Waals surface area contributed by atoms with E-state index in [-0.39, 0.29) is 11.9 Å². The molecule has 1 aromatic rings. The maximum absolute atomic E-state index is 12.1. The average Bonchev–Trinajstić information content (AvgIpc) is 2.47. The maximum atomic E-state index is 12.1. The molecule has 1 N–H and O–H groups in total. The van der Waals surface area contributed by atoms with E-state index in [0.717, 1.165) is 13.1 Å². The van der Waals surface area contributed by atoms with Crippen molar-refractivity contribution in [3.05, 3.63) is 34.9 Å². The molecule has 1 aromatic carbocycles. The molecule has 21 heavy (non-hydrogen) atoms. The topological polar surface area (TPSA) is 41.6 Å². The van der Waals surface area contributed by atoms with Crippen molar-refractivity contribution < 1.29 is 9.53 Å². The van der Waals surface area contributed by atoms with Gasteiger partial charge in [-0.05, 0) is 26.3 Å². The van der Waals surface area contributed by atoms with Gasteiger partial charge in [-0.2, -0.15) is 0 Å². The Kier molecular flexibility index (Phi) is 5.76. The molecule has 1 amide bonds. The first kappa shape index (κ1) is 16.0. The highest BCUT2D eigenvalue weighted by Crippen LogP contribution is 2.16. The van der Waals surface area contributed by atoms with E-state index >= 15 is 0 Å². The number of rotatable bonds is 5. The molecule has 1 saturated heterocycles. The van der Waals surface area contributed by atoms with Crippen molar-refractivity contribution in [2.45, 2.75) is 33.2 Å². The molecule has 116 valence electrons. The van der Waals surface area contributed by atoms with Gasteiger partial charge in [0.25, 0.3) is 0 Å². The SMILES string of the molecule is Cc1cc(C)cc(C(C)NCCC(=O)N2CCOCC2)c1. The molecule has 1 atom stereocenters. The zero-order chi connectivity index (χ0) is 15.2. The lowest BCUT2D eigenvalue weighted by Crippen LogP contribution is -2.41. The van der Waals surface area contributed by atoms with Crippen LogP contribution in [0.15, 0.2) is 18.2 Å². The average molecular weight is 290 g/mol. The standard InChI is InChI=1S/C17H26N2O2/c1-13-10-14(2)12-16(11-13)15(3)18-5-4-17(20)19-6-8-21-9-7-19/h10-12,15,18H,4-9H2,1-3H3. The normalized spacial score (nSPS) is 16.8. The van der Waals surface area contributed by atoms with Crippen molar-refractivity contribution in [1.29, 1.82) is 0 Å². The number of benzene rings is 1. The molecule has 0 bridgehead atoms. The van der Waals surface area contributed by atoms with Crippen LogP contribution in [0.5, 0.6) is 0 Å². The van der Waals surface area contributed by atoms with Gasteiger partial charge in [-0.25, -0.2) is 0 Å². The minimum absolute atomic E-state index is 0.221. The predicted molar refractivity (Wildman–Crippen MR) is 84.3 cm³/mol. The summed E-state index contributed by atoms with van der Waals surface area (Å²) in [6.45, 7) is 9.88. The number of ether oxygens (including phenoxy) is 1. The van der Waals surface area contributed by atoms with Gasteiger partial charge >= 0.3 is 0 Å². The van der Waals surface area contributed by atoms with Gasteiger partial charge in [0.05, 0.1) is 13.2 Å². The van der Waals surface area contributed by atoms with Crippen LogP contribution in [-0.2, 0) is 9.53 Å². The molecule has 0 aromatic heterocycles. The van der Waals surface area contributed by atoms with E-state index in [1.54, 1.807) is 0 Å². The second-order valence-electron chi connectivity index (χ2n) is 5.84. The zero-order valence-electron chi connectivity index (χ0n) is 13.3. The summed E-state index contributed by atoms with van der Waals surface area (Å²) in [6.07, 6.45) is 0.551. The lowest BCUT2D eigenvalue weighted by Gasteiger charge is -2.27. The van der Waals surface area contributed by atoms with E-state index in [0.29, 0.717) is 26.2 Å². The van der Waals surface area contributed by atoms with E-state index in [4.69, 9.17) is 4.74 Å². The Morgan fingerprint density at radius 3 is 2.48 bits per heavy atom. The summed E-state index contributed by atoms with van der Waals surface area (Å²) in [6, 6.07) is 6.85. The van der Waals surface area contributed by atoms with E-state index in [2.05, 4.69) is 44.3 Å². The summed E-state index contributed by atoms with van der Waals surface area (Å²) in [4.78, 5) is 14.0. The molecule has 1 unspecified atom stereocenters. The Hall–Kier alpha value is -1.39. The Labute approximate surface area is 127 Å². The van der Waals surface area contributed by atoms with Crippen molar-refractivity contribution in [1.82, 2.24) is 10.2 Å². The van der Waals surface area contributed by atoms with Crippen molar-refractivity contribution in [3.63, 3.8) is 0 Å². The highest BCUT2D eigenvalue weighted by molar-refractivity contribution is 5.76. The van der Waals surface area contributed by atoms with Crippen LogP contribution >= 0.6 is 0 Å². The predicted octanol–water partition coefficient (Wildman–Crippen LogP) is 2.20.